The second-order valence-corrected chi connectivity index (χ2v) is 13.1. The summed E-state index contributed by atoms with van der Waals surface area (Å²) in [7, 11) is 0.283. The zero-order valence-electron chi connectivity index (χ0n) is 13.3. The summed E-state index contributed by atoms with van der Waals surface area (Å²) >= 11 is 0. The van der Waals surface area contributed by atoms with Crippen molar-refractivity contribution < 1.29 is 14.3 Å². The molecule has 0 radical (unpaired) electrons. The van der Waals surface area contributed by atoms with Crippen LogP contribution in [0.4, 0.5) is 4.79 Å². The van der Waals surface area contributed by atoms with E-state index < -0.39 is 14.2 Å². The number of hydrogen-bond donors (Lipinski definition) is 0. The fraction of sp³-hybridized carbons (Fsp3) is 0.786. The Balaban J connectivity index is 3.62. The van der Waals surface area contributed by atoms with Gasteiger partial charge in [0, 0.05) is 17.6 Å². The van der Waals surface area contributed by atoms with Gasteiger partial charge in [-0.1, -0.05) is 43.2 Å². The first-order chi connectivity index (χ1) is 8.87. The Morgan fingerprint density at radius 3 is 2.42 bits per heavy atom. The molecule has 0 amide bonds. The number of carbonyl (C=O) groups is 1. The number of rotatable bonds is 9. The summed E-state index contributed by atoms with van der Waals surface area (Å²) in [5, 5.41) is 0. The molecule has 0 rings (SSSR count). The van der Waals surface area contributed by atoms with E-state index in [1.807, 2.05) is 0 Å². The lowest BCUT2D eigenvalue weighted by atomic mass is 10.4. The summed E-state index contributed by atoms with van der Waals surface area (Å²) in [6, 6.07) is 4.06. The number of allylic oxidation sites excluding steroid dienone is 1. The third-order valence-corrected chi connectivity index (χ3v) is 8.67. The van der Waals surface area contributed by atoms with Gasteiger partial charge in [0.15, 0.2) is 0 Å². The molecule has 0 aromatic rings. The Bertz CT molecular complexity index is 284. The quantitative estimate of drug-likeness (QED) is 0.369. The highest BCUT2D eigenvalue weighted by Gasteiger charge is 2.19. The number of hydrogen-bond acceptors (Lipinski definition) is 3. The topological polar surface area (TPSA) is 35.5 Å². The van der Waals surface area contributed by atoms with Crippen molar-refractivity contribution in [2.24, 2.45) is 0 Å². The zero-order chi connectivity index (χ0) is 14.7. The van der Waals surface area contributed by atoms with Crippen LogP contribution in [0, 0.1) is 0 Å². The molecule has 0 saturated carbocycles. The second kappa shape index (κ2) is 10.3. The third-order valence-electron chi connectivity index (χ3n) is 3.24. The van der Waals surface area contributed by atoms with Crippen molar-refractivity contribution in [3.63, 3.8) is 0 Å². The van der Waals surface area contributed by atoms with E-state index in [-0.39, 0.29) is 9.52 Å². The molecular weight excluding hydrogens is 272 g/mol. The van der Waals surface area contributed by atoms with Gasteiger partial charge in [0.25, 0.3) is 0 Å². The summed E-state index contributed by atoms with van der Waals surface area (Å²) in [6.07, 6.45) is 1.79. The molecule has 0 aliphatic carbocycles. The van der Waals surface area contributed by atoms with E-state index in [1.54, 1.807) is 0 Å². The highest BCUT2D eigenvalue weighted by molar-refractivity contribution is 6.77. The molecule has 0 saturated heterocycles. The van der Waals surface area contributed by atoms with Gasteiger partial charge in [-0.25, -0.2) is 4.79 Å². The minimum Gasteiger partial charge on any atom is -0.438 e. The van der Waals surface area contributed by atoms with Crippen LogP contribution in [0.2, 0.25) is 31.2 Å². The van der Waals surface area contributed by atoms with Gasteiger partial charge >= 0.3 is 6.16 Å². The monoisotopic (exact) mass is 302 g/mol. The fourth-order valence-corrected chi connectivity index (χ4v) is 6.41. The van der Waals surface area contributed by atoms with Crippen molar-refractivity contribution in [1.82, 2.24) is 0 Å². The van der Waals surface area contributed by atoms with Gasteiger partial charge in [-0.2, -0.15) is 0 Å². The van der Waals surface area contributed by atoms with Crippen LogP contribution in [-0.4, -0.2) is 37.5 Å². The van der Waals surface area contributed by atoms with Gasteiger partial charge in [-0.15, -0.1) is 5.70 Å². The van der Waals surface area contributed by atoms with E-state index in [1.165, 1.54) is 37.2 Å². The van der Waals surface area contributed by atoms with E-state index in [2.05, 4.69) is 37.4 Å². The Labute approximate surface area is 121 Å². The van der Waals surface area contributed by atoms with Crippen molar-refractivity contribution >= 4 is 23.7 Å². The van der Waals surface area contributed by atoms with E-state index in [0.29, 0.717) is 6.61 Å². The molecule has 0 aliphatic rings. The lowest BCUT2D eigenvalue weighted by molar-refractivity contribution is 0.0728. The molecule has 0 heterocycles. The number of methoxy groups -OCH3 is 1. The molecule has 5 heteroatoms. The van der Waals surface area contributed by atoms with Crippen molar-refractivity contribution in [2.75, 3.05) is 13.7 Å². The molecule has 0 unspecified atom stereocenters. The standard InChI is InChI=1S/C14H30O3Si2/c1-13(2)12-18-9-7-11-19(4,5)10-6-8-17-14(15)16-3/h12H,6-11,18H2,1-5H3. The van der Waals surface area contributed by atoms with E-state index >= 15 is 0 Å². The molecule has 3 nitrogen and oxygen atoms in total. The van der Waals surface area contributed by atoms with Crippen LogP contribution in [0.3, 0.4) is 0 Å². The van der Waals surface area contributed by atoms with Crippen molar-refractivity contribution in [2.45, 2.75) is 57.9 Å². The SMILES string of the molecule is COC(=O)OCCC[Si](C)(C)CCC[SiH2]C=C(C)C. The summed E-state index contributed by atoms with van der Waals surface area (Å²) in [4.78, 5) is 10.8. The van der Waals surface area contributed by atoms with Gasteiger partial charge in [-0.05, 0) is 20.3 Å². The van der Waals surface area contributed by atoms with Crippen LogP contribution < -0.4 is 0 Å². The van der Waals surface area contributed by atoms with Gasteiger partial charge in [0.1, 0.15) is 0 Å². The first-order valence-electron chi connectivity index (χ1n) is 7.21. The molecular formula is C14H30O3Si2. The van der Waals surface area contributed by atoms with Crippen LogP contribution in [-0.2, 0) is 9.47 Å². The minimum absolute atomic E-state index is 0.0317. The van der Waals surface area contributed by atoms with E-state index in [4.69, 9.17) is 4.74 Å². The van der Waals surface area contributed by atoms with Crippen LogP contribution in [0.15, 0.2) is 11.3 Å². The normalized spacial score (nSPS) is 11.6. The number of ether oxygens (including phenoxy) is 2. The summed E-state index contributed by atoms with van der Waals surface area (Å²) in [5.41, 5.74) is 3.93. The van der Waals surface area contributed by atoms with Crippen molar-refractivity contribution in [1.29, 1.82) is 0 Å². The van der Waals surface area contributed by atoms with E-state index in [9.17, 15) is 4.79 Å². The Hall–Kier alpha value is -0.556. The van der Waals surface area contributed by atoms with Gasteiger partial charge in [-0.3, -0.25) is 0 Å². The third kappa shape index (κ3) is 12.2. The second-order valence-electron chi connectivity index (χ2n) is 6.10. The molecule has 0 bridgehead atoms. The first-order valence-corrected chi connectivity index (χ1v) is 12.4. The summed E-state index contributed by atoms with van der Waals surface area (Å²) < 4.78 is 9.36. The van der Waals surface area contributed by atoms with Crippen LogP contribution in [0.25, 0.3) is 0 Å². The van der Waals surface area contributed by atoms with Crippen molar-refractivity contribution in [3.05, 3.63) is 11.3 Å². The largest absolute Gasteiger partial charge is 0.507 e. The molecule has 0 N–H and O–H groups in total. The lowest BCUT2D eigenvalue weighted by Crippen LogP contribution is -2.25. The predicted molar refractivity (Wildman–Crippen MR) is 87.5 cm³/mol. The van der Waals surface area contributed by atoms with Gasteiger partial charge in [0.2, 0.25) is 0 Å². The fourth-order valence-electron chi connectivity index (χ4n) is 2.03. The molecule has 0 spiro atoms. The lowest BCUT2D eigenvalue weighted by Gasteiger charge is -2.21. The molecule has 0 aliphatic heterocycles. The molecule has 0 aromatic heterocycles. The smallest absolute Gasteiger partial charge is 0.438 e. The molecule has 112 valence electrons. The highest BCUT2D eigenvalue weighted by Crippen LogP contribution is 2.20. The number of carbonyl (C=O) groups excluding carboxylic acids is 1. The first kappa shape index (κ1) is 18.4. The average Bonchev–Trinajstić information content (AvgIpc) is 2.33. The maximum absolute atomic E-state index is 10.8. The van der Waals surface area contributed by atoms with Gasteiger partial charge < -0.3 is 9.47 Å². The molecule has 0 aromatic carbocycles. The Morgan fingerprint density at radius 2 is 1.84 bits per heavy atom. The summed E-state index contributed by atoms with van der Waals surface area (Å²) in [6.45, 7) is 9.75. The Morgan fingerprint density at radius 1 is 1.21 bits per heavy atom. The summed E-state index contributed by atoms with van der Waals surface area (Å²) in [5.74, 6) is 0. The minimum atomic E-state index is -1.09. The predicted octanol–water partition coefficient (Wildman–Crippen LogP) is 3.77. The van der Waals surface area contributed by atoms with Crippen LogP contribution in [0.1, 0.15) is 26.7 Å². The Kier molecular flexibility index (Phi) is 9.96. The van der Waals surface area contributed by atoms with Crippen LogP contribution >= 0.6 is 0 Å². The highest BCUT2D eigenvalue weighted by atomic mass is 28.3. The maximum Gasteiger partial charge on any atom is 0.507 e. The molecule has 0 fully saturated rings. The molecule has 19 heavy (non-hydrogen) atoms. The van der Waals surface area contributed by atoms with E-state index in [0.717, 1.165) is 6.42 Å². The van der Waals surface area contributed by atoms with Crippen molar-refractivity contribution in [3.8, 4) is 0 Å². The molecule has 0 atom stereocenters. The maximum atomic E-state index is 10.8. The zero-order valence-corrected chi connectivity index (χ0v) is 15.7. The van der Waals surface area contributed by atoms with Gasteiger partial charge in [0.05, 0.1) is 13.7 Å². The average molecular weight is 303 g/mol. The van der Waals surface area contributed by atoms with Crippen LogP contribution in [0.5, 0.6) is 0 Å².